The predicted molar refractivity (Wildman–Crippen MR) is 71.8 cm³/mol. The summed E-state index contributed by atoms with van der Waals surface area (Å²) in [6.07, 6.45) is 2.53. The third-order valence-electron chi connectivity index (χ3n) is 2.53. The summed E-state index contributed by atoms with van der Waals surface area (Å²) in [6.45, 7) is 5.41. The lowest BCUT2D eigenvalue weighted by atomic mass is 10.1. The van der Waals surface area contributed by atoms with Gasteiger partial charge in [0.25, 0.3) is 0 Å². The lowest BCUT2D eigenvalue weighted by Crippen LogP contribution is -2.05. The Morgan fingerprint density at radius 3 is 2.69 bits per heavy atom. The maximum Gasteiger partial charge on any atom is 0.0428 e. The van der Waals surface area contributed by atoms with E-state index in [4.69, 9.17) is 5.41 Å². The van der Waals surface area contributed by atoms with Crippen molar-refractivity contribution >= 4 is 17.6 Å². The lowest BCUT2D eigenvalue weighted by Gasteiger charge is -2.11. The second kappa shape index (κ2) is 6.16. The van der Waals surface area contributed by atoms with E-state index in [-0.39, 0.29) is 0 Å². The highest BCUT2D eigenvalue weighted by atomic mass is 14.9. The van der Waals surface area contributed by atoms with Gasteiger partial charge >= 0.3 is 0 Å². The molecule has 3 nitrogen and oxygen atoms in total. The number of anilines is 2. The highest BCUT2D eigenvalue weighted by molar-refractivity contribution is 5.87. The van der Waals surface area contributed by atoms with E-state index in [9.17, 15) is 0 Å². The van der Waals surface area contributed by atoms with Crippen molar-refractivity contribution in [2.45, 2.75) is 20.3 Å². The fourth-order valence-electron chi connectivity index (χ4n) is 1.52. The molecule has 1 rings (SSSR count). The van der Waals surface area contributed by atoms with E-state index >= 15 is 0 Å². The van der Waals surface area contributed by atoms with Gasteiger partial charge < -0.3 is 16.0 Å². The molecule has 0 aliphatic rings. The molecule has 0 aliphatic carbocycles. The van der Waals surface area contributed by atoms with Crippen LogP contribution in [0.5, 0.6) is 0 Å². The first-order valence-electron chi connectivity index (χ1n) is 5.73. The summed E-state index contributed by atoms with van der Waals surface area (Å²) in [4.78, 5) is 0. The van der Waals surface area contributed by atoms with Crippen molar-refractivity contribution in [3.05, 3.63) is 23.8 Å². The molecule has 16 heavy (non-hydrogen) atoms. The van der Waals surface area contributed by atoms with Gasteiger partial charge in [-0.2, -0.15) is 0 Å². The van der Waals surface area contributed by atoms with Gasteiger partial charge in [0.1, 0.15) is 0 Å². The zero-order valence-electron chi connectivity index (χ0n) is 10.3. The van der Waals surface area contributed by atoms with Crippen LogP contribution in [-0.2, 0) is 0 Å². The van der Waals surface area contributed by atoms with Crippen LogP contribution < -0.4 is 10.6 Å². The Bertz CT molecular complexity index is 345. The Morgan fingerprint density at radius 1 is 1.38 bits per heavy atom. The van der Waals surface area contributed by atoms with Crippen molar-refractivity contribution in [3.63, 3.8) is 0 Å². The number of nitrogens with one attached hydrogen (secondary N) is 3. The van der Waals surface area contributed by atoms with Gasteiger partial charge in [-0.05, 0) is 30.5 Å². The van der Waals surface area contributed by atoms with E-state index in [0.29, 0.717) is 5.92 Å². The number of benzene rings is 1. The van der Waals surface area contributed by atoms with Crippen LogP contribution in [0, 0.1) is 11.3 Å². The van der Waals surface area contributed by atoms with Crippen molar-refractivity contribution in [3.8, 4) is 0 Å². The summed E-state index contributed by atoms with van der Waals surface area (Å²) >= 11 is 0. The molecule has 1 aromatic carbocycles. The largest absolute Gasteiger partial charge is 0.388 e. The van der Waals surface area contributed by atoms with Crippen molar-refractivity contribution in [1.82, 2.24) is 0 Å². The average molecular weight is 219 g/mol. The molecule has 0 spiro atoms. The molecule has 3 N–H and O–H groups in total. The average Bonchev–Trinajstić information content (AvgIpc) is 2.28. The van der Waals surface area contributed by atoms with E-state index in [1.165, 1.54) is 6.21 Å². The highest BCUT2D eigenvalue weighted by Gasteiger charge is 2.00. The number of hydrogen-bond donors (Lipinski definition) is 3. The standard InChI is InChI=1S/C13H21N3/c1-10(2)6-7-16-12-4-5-13(15-3)11(8-12)9-14/h4-5,8-10,14-16H,6-7H2,1-3H3. The summed E-state index contributed by atoms with van der Waals surface area (Å²) in [5.41, 5.74) is 2.99. The van der Waals surface area contributed by atoms with Gasteiger partial charge in [0.2, 0.25) is 0 Å². The summed E-state index contributed by atoms with van der Waals surface area (Å²) < 4.78 is 0. The first kappa shape index (κ1) is 12.6. The Kier molecular flexibility index (Phi) is 4.83. The van der Waals surface area contributed by atoms with Gasteiger partial charge in [-0.1, -0.05) is 13.8 Å². The monoisotopic (exact) mass is 219 g/mol. The maximum absolute atomic E-state index is 7.34. The first-order chi connectivity index (χ1) is 7.67. The van der Waals surface area contributed by atoms with Crippen molar-refractivity contribution in [2.75, 3.05) is 24.2 Å². The Hall–Kier alpha value is -1.51. The molecule has 0 saturated carbocycles. The van der Waals surface area contributed by atoms with Crippen LogP contribution in [0.2, 0.25) is 0 Å². The third-order valence-corrected chi connectivity index (χ3v) is 2.53. The minimum absolute atomic E-state index is 0.714. The normalized spacial score (nSPS) is 10.2. The molecule has 0 saturated heterocycles. The molecule has 0 aromatic heterocycles. The fourth-order valence-corrected chi connectivity index (χ4v) is 1.52. The van der Waals surface area contributed by atoms with Crippen molar-refractivity contribution in [2.24, 2.45) is 5.92 Å². The Morgan fingerprint density at radius 2 is 2.12 bits per heavy atom. The molecular formula is C13H21N3. The van der Waals surface area contributed by atoms with Gasteiger partial charge in [-0.3, -0.25) is 0 Å². The van der Waals surface area contributed by atoms with Crippen LogP contribution >= 0.6 is 0 Å². The molecule has 0 fully saturated rings. The fraction of sp³-hybridized carbons (Fsp3) is 0.462. The number of rotatable bonds is 6. The number of hydrogen-bond acceptors (Lipinski definition) is 3. The molecule has 1 aromatic rings. The van der Waals surface area contributed by atoms with Crippen LogP contribution in [0.25, 0.3) is 0 Å². The predicted octanol–water partition coefficient (Wildman–Crippen LogP) is 3.18. The molecular weight excluding hydrogens is 198 g/mol. The quantitative estimate of drug-likeness (QED) is 0.643. The van der Waals surface area contributed by atoms with E-state index < -0.39 is 0 Å². The molecule has 0 amide bonds. The van der Waals surface area contributed by atoms with E-state index in [2.05, 4.69) is 24.5 Å². The maximum atomic E-state index is 7.34. The summed E-state index contributed by atoms with van der Waals surface area (Å²) in [7, 11) is 1.87. The second-order valence-corrected chi connectivity index (χ2v) is 4.31. The van der Waals surface area contributed by atoms with Gasteiger partial charge in [0, 0.05) is 36.7 Å². The zero-order chi connectivity index (χ0) is 12.0. The molecule has 0 heterocycles. The Labute approximate surface area is 97.8 Å². The minimum Gasteiger partial charge on any atom is -0.388 e. The molecule has 88 valence electrons. The van der Waals surface area contributed by atoms with E-state index in [1.54, 1.807) is 0 Å². The SMILES string of the molecule is CNc1ccc(NCCC(C)C)cc1C=N. The van der Waals surface area contributed by atoms with Gasteiger partial charge in [-0.15, -0.1) is 0 Å². The highest BCUT2D eigenvalue weighted by Crippen LogP contribution is 2.18. The third kappa shape index (κ3) is 3.57. The summed E-state index contributed by atoms with van der Waals surface area (Å²) in [6, 6.07) is 6.04. The molecule has 0 unspecified atom stereocenters. The molecule has 0 aliphatic heterocycles. The van der Waals surface area contributed by atoms with E-state index in [1.807, 2.05) is 25.2 Å². The topological polar surface area (TPSA) is 47.9 Å². The van der Waals surface area contributed by atoms with Gasteiger partial charge in [-0.25, -0.2) is 0 Å². The van der Waals surface area contributed by atoms with Gasteiger partial charge in [0.05, 0.1) is 0 Å². The van der Waals surface area contributed by atoms with Crippen molar-refractivity contribution in [1.29, 1.82) is 5.41 Å². The smallest absolute Gasteiger partial charge is 0.0428 e. The molecule has 0 radical (unpaired) electrons. The molecule has 0 atom stereocenters. The molecule has 0 bridgehead atoms. The Balaban J connectivity index is 2.64. The van der Waals surface area contributed by atoms with Crippen LogP contribution in [0.4, 0.5) is 11.4 Å². The minimum atomic E-state index is 0.714. The second-order valence-electron chi connectivity index (χ2n) is 4.31. The van der Waals surface area contributed by atoms with Crippen LogP contribution in [0.1, 0.15) is 25.8 Å². The van der Waals surface area contributed by atoms with Crippen LogP contribution in [0.3, 0.4) is 0 Å². The summed E-state index contributed by atoms with van der Waals surface area (Å²) in [5, 5.41) is 13.8. The summed E-state index contributed by atoms with van der Waals surface area (Å²) in [5.74, 6) is 0.714. The van der Waals surface area contributed by atoms with Crippen LogP contribution in [-0.4, -0.2) is 19.8 Å². The van der Waals surface area contributed by atoms with Crippen LogP contribution in [0.15, 0.2) is 18.2 Å². The van der Waals surface area contributed by atoms with Crippen molar-refractivity contribution < 1.29 is 0 Å². The first-order valence-corrected chi connectivity index (χ1v) is 5.73. The van der Waals surface area contributed by atoms with E-state index in [0.717, 1.165) is 29.9 Å². The molecule has 3 heteroatoms. The van der Waals surface area contributed by atoms with Gasteiger partial charge in [0.15, 0.2) is 0 Å². The zero-order valence-corrected chi connectivity index (χ0v) is 10.3. The lowest BCUT2D eigenvalue weighted by molar-refractivity contribution is 0.607.